The van der Waals surface area contributed by atoms with Crippen molar-refractivity contribution in [2.45, 2.75) is 6.42 Å². The summed E-state index contributed by atoms with van der Waals surface area (Å²) in [4.78, 5) is 0. The maximum Gasteiger partial charge on any atom is 0.0248 e. The Morgan fingerprint density at radius 3 is 2.69 bits per heavy atom. The minimum atomic E-state index is 0.878. The first-order valence-corrected chi connectivity index (χ1v) is 4.26. The van der Waals surface area contributed by atoms with Crippen LogP contribution in [0.3, 0.4) is 0 Å². The second-order valence-corrected chi connectivity index (χ2v) is 2.56. The standard InChI is InChI=1S/C13H12/c1-2-3-4-5-7-10-13-11-8-6-9-12-13/h2,4-6,8-9,11-12H,1,3H2/b5-4-. The molecule has 0 aliphatic carbocycles. The van der Waals surface area contributed by atoms with Crippen molar-refractivity contribution in [3.05, 3.63) is 60.7 Å². The molecule has 0 saturated heterocycles. The van der Waals surface area contributed by atoms with Crippen molar-refractivity contribution in [2.24, 2.45) is 0 Å². The summed E-state index contributed by atoms with van der Waals surface area (Å²) in [7, 11) is 0. The van der Waals surface area contributed by atoms with Crippen molar-refractivity contribution in [1.82, 2.24) is 0 Å². The second-order valence-electron chi connectivity index (χ2n) is 2.56. The minimum Gasteiger partial charge on any atom is -0.103 e. The third-order valence-electron chi connectivity index (χ3n) is 1.49. The van der Waals surface area contributed by atoms with E-state index in [9.17, 15) is 0 Å². The summed E-state index contributed by atoms with van der Waals surface area (Å²) in [6.45, 7) is 3.62. The lowest BCUT2D eigenvalue weighted by molar-refractivity contribution is 1.41. The van der Waals surface area contributed by atoms with E-state index in [-0.39, 0.29) is 0 Å². The molecule has 0 atom stereocenters. The van der Waals surface area contributed by atoms with Gasteiger partial charge in [-0.2, -0.15) is 0 Å². The van der Waals surface area contributed by atoms with Gasteiger partial charge >= 0.3 is 0 Å². The monoisotopic (exact) mass is 168 g/mol. The van der Waals surface area contributed by atoms with Gasteiger partial charge in [-0.1, -0.05) is 42.2 Å². The molecule has 0 fully saturated rings. The highest BCUT2D eigenvalue weighted by atomic mass is 13.8. The molecule has 0 aliphatic rings. The lowest BCUT2D eigenvalue weighted by Gasteiger charge is -1.84. The van der Waals surface area contributed by atoms with Gasteiger partial charge in [-0.25, -0.2) is 0 Å². The molecule has 0 heteroatoms. The van der Waals surface area contributed by atoms with Gasteiger partial charge in [0.25, 0.3) is 0 Å². The first-order valence-electron chi connectivity index (χ1n) is 4.26. The van der Waals surface area contributed by atoms with Gasteiger partial charge in [0.15, 0.2) is 0 Å². The maximum absolute atomic E-state index is 3.62. The fourth-order valence-corrected chi connectivity index (χ4v) is 0.870. The van der Waals surface area contributed by atoms with Crippen LogP contribution in [0.5, 0.6) is 0 Å². The fourth-order valence-electron chi connectivity index (χ4n) is 0.870. The summed E-state index contributed by atoms with van der Waals surface area (Å²) in [6.07, 6.45) is 6.57. The van der Waals surface area contributed by atoms with Crippen LogP contribution < -0.4 is 0 Å². The Balaban J connectivity index is 2.53. The maximum atomic E-state index is 3.62. The van der Waals surface area contributed by atoms with Gasteiger partial charge in [-0.05, 0) is 24.6 Å². The summed E-state index contributed by atoms with van der Waals surface area (Å²) in [5, 5.41) is 0. The van der Waals surface area contributed by atoms with Crippen LogP contribution >= 0.6 is 0 Å². The van der Waals surface area contributed by atoms with E-state index in [1.165, 1.54) is 0 Å². The van der Waals surface area contributed by atoms with Crippen LogP contribution in [0.25, 0.3) is 0 Å². The Hall–Kier alpha value is -1.74. The van der Waals surface area contributed by atoms with Gasteiger partial charge in [0.2, 0.25) is 0 Å². The first kappa shape index (κ1) is 9.35. The number of hydrogen-bond acceptors (Lipinski definition) is 0. The average Bonchev–Trinajstić information content (AvgIpc) is 2.19. The third-order valence-corrected chi connectivity index (χ3v) is 1.49. The quantitative estimate of drug-likeness (QED) is 0.470. The molecule has 64 valence electrons. The molecule has 1 aromatic rings. The average molecular weight is 168 g/mol. The summed E-state index contributed by atoms with van der Waals surface area (Å²) in [5.41, 5.74) is 1.05. The van der Waals surface area contributed by atoms with Crippen molar-refractivity contribution in [3.8, 4) is 11.8 Å². The van der Waals surface area contributed by atoms with Gasteiger partial charge in [-0.15, -0.1) is 6.58 Å². The van der Waals surface area contributed by atoms with Gasteiger partial charge in [0.1, 0.15) is 0 Å². The zero-order valence-corrected chi connectivity index (χ0v) is 7.53. The van der Waals surface area contributed by atoms with Crippen LogP contribution in [-0.2, 0) is 0 Å². The SMILES string of the molecule is C=CC/C=C\C#Cc1ccccc1. The Morgan fingerprint density at radius 2 is 2.00 bits per heavy atom. The zero-order chi connectivity index (χ0) is 9.36. The van der Waals surface area contributed by atoms with E-state index in [2.05, 4.69) is 18.4 Å². The molecular weight excluding hydrogens is 156 g/mol. The Morgan fingerprint density at radius 1 is 1.23 bits per heavy atom. The molecular formula is C13H12. The second kappa shape index (κ2) is 5.85. The number of benzene rings is 1. The van der Waals surface area contributed by atoms with Gasteiger partial charge < -0.3 is 0 Å². The summed E-state index contributed by atoms with van der Waals surface area (Å²) in [6, 6.07) is 9.94. The first-order chi connectivity index (χ1) is 6.43. The smallest absolute Gasteiger partial charge is 0.0248 e. The molecule has 1 aromatic carbocycles. The molecule has 0 aliphatic heterocycles. The van der Waals surface area contributed by atoms with E-state index in [1.54, 1.807) is 0 Å². The van der Waals surface area contributed by atoms with Gasteiger partial charge in [0, 0.05) is 5.56 Å². The van der Waals surface area contributed by atoms with E-state index in [0.717, 1.165) is 12.0 Å². The predicted molar refractivity (Wildman–Crippen MR) is 57.3 cm³/mol. The molecule has 13 heavy (non-hydrogen) atoms. The molecule has 0 amide bonds. The number of allylic oxidation sites excluding steroid dienone is 3. The summed E-state index contributed by atoms with van der Waals surface area (Å²) >= 11 is 0. The largest absolute Gasteiger partial charge is 0.103 e. The number of rotatable bonds is 2. The summed E-state index contributed by atoms with van der Waals surface area (Å²) < 4.78 is 0. The van der Waals surface area contributed by atoms with Crippen LogP contribution in [0.2, 0.25) is 0 Å². The van der Waals surface area contributed by atoms with E-state index >= 15 is 0 Å². The molecule has 0 unspecified atom stereocenters. The molecule has 1 rings (SSSR count). The molecule has 0 heterocycles. The van der Waals surface area contributed by atoms with Crippen LogP contribution in [0.1, 0.15) is 12.0 Å². The van der Waals surface area contributed by atoms with Crippen LogP contribution in [0, 0.1) is 11.8 Å². The normalized spacial score (nSPS) is 9.23. The Labute approximate surface area is 79.6 Å². The molecule has 0 N–H and O–H groups in total. The minimum absolute atomic E-state index is 0.878. The van der Waals surface area contributed by atoms with E-state index in [1.807, 2.05) is 48.6 Å². The van der Waals surface area contributed by atoms with Gasteiger partial charge in [-0.3, -0.25) is 0 Å². The van der Waals surface area contributed by atoms with Crippen molar-refractivity contribution in [2.75, 3.05) is 0 Å². The van der Waals surface area contributed by atoms with E-state index < -0.39 is 0 Å². The Kier molecular flexibility index (Phi) is 4.21. The van der Waals surface area contributed by atoms with Crippen molar-refractivity contribution >= 4 is 0 Å². The van der Waals surface area contributed by atoms with Crippen molar-refractivity contribution in [1.29, 1.82) is 0 Å². The van der Waals surface area contributed by atoms with Crippen LogP contribution in [0.4, 0.5) is 0 Å². The highest BCUT2D eigenvalue weighted by Gasteiger charge is 1.78. The van der Waals surface area contributed by atoms with Crippen molar-refractivity contribution in [3.63, 3.8) is 0 Å². The zero-order valence-electron chi connectivity index (χ0n) is 7.53. The predicted octanol–water partition coefficient (Wildman–Crippen LogP) is 3.17. The molecule has 0 saturated carbocycles. The fraction of sp³-hybridized carbons (Fsp3) is 0.0769. The van der Waals surface area contributed by atoms with Crippen LogP contribution in [-0.4, -0.2) is 0 Å². The Bertz CT molecular complexity index is 333. The van der Waals surface area contributed by atoms with Crippen molar-refractivity contribution < 1.29 is 0 Å². The number of hydrogen-bond donors (Lipinski definition) is 0. The molecule has 0 spiro atoms. The van der Waals surface area contributed by atoms with Gasteiger partial charge in [0.05, 0.1) is 0 Å². The molecule has 0 radical (unpaired) electrons. The van der Waals surface area contributed by atoms with E-state index in [0.29, 0.717) is 0 Å². The highest BCUT2D eigenvalue weighted by Crippen LogP contribution is 1.94. The lowest BCUT2D eigenvalue weighted by atomic mass is 10.2. The topological polar surface area (TPSA) is 0 Å². The summed E-state index contributed by atoms with van der Waals surface area (Å²) in [5.74, 6) is 5.99. The van der Waals surface area contributed by atoms with E-state index in [4.69, 9.17) is 0 Å². The third kappa shape index (κ3) is 3.98. The molecule has 0 bridgehead atoms. The highest BCUT2D eigenvalue weighted by molar-refractivity contribution is 5.36. The molecule has 0 aromatic heterocycles. The lowest BCUT2D eigenvalue weighted by Crippen LogP contribution is -1.68. The van der Waals surface area contributed by atoms with Crippen LogP contribution in [0.15, 0.2) is 55.1 Å². The molecule has 0 nitrogen and oxygen atoms in total.